The largest absolute Gasteiger partial charge is 0.748 e. The number of hydrogen-bond donors (Lipinski definition) is 0. The van der Waals surface area contributed by atoms with Crippen LogP contribution in [0, 0.1) is 7.14 Å². The maximum Gasteiger partial charge on any atom is 0.357 e. The van der Waals surface area contributed by atoms with Crippen LogP contribution >= 0.6 is 0 Å². The number of halogens is 1. The molecule has 0 bridgehead atoms. The summed E-state index contributed by atoms with van der Waals surface area (Å²) in [5.74, 6) is 0.731. The van der Waals surface area contributed by atoms with E-state index in [9.17, 15) is 13.0 Å². The van der Waals surface area contributed by atoms with Crippen LogP contribution in [0.3, 0.4) is 0 Å². The highest BCUT2D eigenvalue weighted by Crippen LogP contribution is 2.06. The molecule has 0 aliphatic rings. The molecule has 0 heterocycles. The van der Waals surface area contributed by atoms with E-state index in [4.69, 9.17) is 4.74 Å². The number of rotatable bonds is 10. The maximum absolute atomic E-state index is 10.2. The highest BCUT2D eigenvalue weighted by Gasteiger charge is 2.14. The minimum Gasteiger partial charge on any atom is -0.748 e. The maximum atomic E-state index is 10.2. The van der Waals surface area contributed by atoms with Gasteiger partial charge in [0.25, 0.3) is 0 Å². The molecular formula is C21H29IO4S. The van der Waals surface area contributed by atoms with Crippen LogP contribution in [-0.4, -0.2) is 25.8 Å². The van der Waals surface area contributed by atoms with Gasteiger partial charge in [-0.1, -0.05) is 57.2 Å². The summed E-state index contributed by atoms with van der Waals surface area (Å²) in [5.41, 5.74) is 0. The Morgan fingerprint density at radius 2 is 1.41 bits per heavy atom. The molecule has 2 aromatic rings. The zero-order valence-electron chi connectivity index (χ0n) is 16.1. The van der Waals surface area contributed by atoms with Crippen molar-refractivity contribution >= 4 is 10.1 Å². The third-order valence-corrected chi connectivity index (χ3v) is 7.22. The van der Waals surface area contributed by atoms with Gasteiger partial charge in [-0.05, 0) is 42.8 Å². The van der Waals surface area contributed by atoms with Crippen LogP contribution in [-0.2, 0) is 10.1 Å². The smallest absolute Gasteiger partial charge is 0.357 e. The van der Waals surface area contributed by atoms with Gasteiger partial charge in [0.15, 0.2) is 7.14 Å². The summed E-state index contributed by atoms with van der Waals surface area (Å²) in [6.45, 7) is 2.13. The van der Waals surface area contributed by atoms with E-state index in [-0.39, 0.29) is 27.0 Å². The Hall–Kier alpha value is -1.12. The Kier molecular flexibility index (Phi) is 12.4. The predicted molar refractivity (Wildman–Crippen MR) is 105 cm³/mol. The topological polar surface area (TPSA) is 66.4 Å². The second-order valence-electron chi connectivity index (χ2n) is 6.08. The summed E-state index contributed by atoms with van der Waals surface area (Å²) in [5, 5.41) is 0. The van der Waals surface area contributed by atoms with Crippen LogP contribution in [0.1, 0.15) is 45.4 Å². The molecule has 150 valence electrons. The van der Waals surface area contributed by atoms with E-state index in [1.54, 1.807) is 7.11 Å². The van der Waals surface area contributed by atoms with Crippen LogP contribution in [0.5, 0.6) is 5.75 Å². The monoisotopic (exact) mass is 504 g/mol. The number of hydrogen-bond acceptors (Lipinski definition) is 4. The van der Waals surface area contributed by atoms with E-state index in [0.29, 0.717) is 6.42 Å². The standard InChI is InChI=1S/C13H12IO.C8H18O3S/c1-15-13-9-7-12(8-10-13)14-11-5-3-2-4-6-11;1-2-3-4-5-6-7-8-12(9,10)11/h2-10H,1H3;2-8H2,1H3,(H,9,10,11)/q+1;/p-1. The van der Waals surface area contributed by atoms with Crippen molar-refractivity contribution in [1.29, 1.82) is 0 Å². The van der Waals surface area contributed by atoms with Crippen molar-refractivity contribution < 1.29 is 38.9 Å². The Bertz CT molecular complexity index is 716. The van der Waals surface area contributed by atoms with Gasteiger partial charge in [-0.15, -0.1) is 0 Å². The highest BCUT2D eigenvalue weighted by molar-refractivity contribution is 7.85. The summed E-state index contributed by atoms with van der Waals surface area (Å²) in [6.07, 6.45) is 5.96. The molecule has 2 rings (SSSR count). The van der Waals surface area contributed by atoms with E-state index >= 15 is 0 Å². The third kappa shape index (κ3) is 12.8. The Balaban J connectivity index is 0.000000279. The van der Waals surface area contributed by atoms with Crippen molar-refractivity contribution in [3.05, 3.63) is 61.7 Å². The fourth-order valence-electron chi connectivity index (χ4n) is 2.30. The van der Waals surface area contributed by atoms with Crippen molar-refractivity contribution in [3.63, 3.8) is 0 Å². The zero-order chi connectivity index (χ0) is 20.0. The number of ether oxygens (including phenoxy) is 1. The van der Waals surface area contributed by atoms with Crippen LogP contribution in [0.4, 0.5) is 0 Å². The summed E-state index contributed by atoms with van der Waals surface area (Å²) in [7, 11) is -2.27. The molecule has 0 amide bonds. The SMILES string of the molecule is CCCCCCCCS(=O)(=O)[O-].COc1ccc([I+]c2ccccc2)cc1. The lowest BCUT2D eigenvalue weighted by Gasteiger charge is -2.05. The molecule has 0 aliphatic carbocycles. The number of benzene rings is 2. The Morgan fingerprint density at radius 1 is 0.852 bits per heavy atom. The predicted octanol–water partition coefficient (Wildman–Crippen LogP) is 1.72. The second kappa shape index (κ2) is 14.0. The van der Waals surface area contributed by atoms with Crippen molar-refractivity contribution in [3.8, 4) is 5.75 Å². The molecule has 6 heteroatoms. The lowest BCUT2D eigenvalue weighted by Crippen LogP contribution is -3.61. The first kappa shape index (κ1) is 23.9. The van der Waals surface area contributed by atoms with E-state index in [0.717, 1.165) is 25.0 Å². The van der Waals surface area contributed by atoms with Gasteiger partial charge in [-0.2, -0.15) is 0 Å². The highest BCUT2D eigenvalue weighted by atomic mass is 127. The molecule has 0 fully saturated rings. The minimum atomic E-state index is -3.97. The summed E-state index contributed by atoms with van der Waals surface area (Å²) in [6, 6.07) is 19.0. The van der Waals surface area contributed by atoms with E-state index in [1.165, 1.54) is 20.0 Å². The van der Waals surface area contributed by atoms with Crippen molar-refractivity contribution in [2.75, 3.05) is 12.9 Å². The quantitative estimate of drug-likeness (QED) is 0.281. The molecule has 0 saturated carbocycles. The molecule has 2 aromatic carbocycles. The molecule has 0 atom stereocenters. The van der Waals surface area contributed by atoms with Crippen LogP contribution < -0.4 is 25.9 Å². The number of methoxy groups -OCH3 is 1. The van der Waals surface area contributed by atoms with Crippen LogP contribution in [0.2, 0.25) is 0 Å². The normalized spacial score (nSPS) is 10.8. The average Bonchev–Trinajstić information content (AvgIpc) is 2.66. The molecule has 0 aliphatic heterocycles. The molecule has 0 radical (unpaired) electrons. The van der Waals surface area contributed by atoms with E-state index in [2.05, 4.69) is 49.4 Å². The van der Waals surface area contributed by atoms with Crippen LogP contribution in [0.15, 0.2) is 54.6 Å². The third-order valence-electron chi connectivity index (χ3n) is 3.75. The summed E-state index contributed by atoms with van der Waals surface area (Å²) >= 11 is -0.0449. The lowest BCUT2D eigenvalue weighted by molar-refractivity contribution is -0.597. The fourth-order valence-corrected chi connectivity index (χ4v) is 5.07. The molecule has 0 saturated heterocycles. The van der Waals surface area contributed by atoms with Gasteiger partial charge in [-0.25, -0.2) is 8.42 Å². The minimum absolute atomic E-state index is 0.0449. The molecular weight excluding hydrogens is 475 g/mol. The molecule has 0 spiro atoms. The van der Waals surface area contributed by atoms with Gasteiger partial charge < -0.3 is 9.29 Å². The van der Waals surface area contributed by atoms with Gasteiger partial charge in [0.05, 0.1) is 17.2 Å². The average molecular weight is 504 g/mol. The Morgan fingerprint density at radius 3 is 1.96 bits per heavy atom. The van der Waals surface area contributed by atoms with Gasteiger partial charge in [0.1, 0.15) is 5.75 Å². The van der Waals surface area contributed by atoms with Crippen LogP contribution in [0.25, 0.3) is 0 Å². The van der Waals surface area contributed by atoms with Crippen molar-refractivity contribution in [2.24, 2.45) is 0 Å². The molecule has 0 unspecified atom stereocenters. The van der Waals surface area contributed by atoms with Gasteiger partial charge in [0.2, 0.25) is 0 Å². The second-order valence-corrected chi connectivity index (χ2v) is 10.6. The fraction of sp³-hybridized carbons (Fsp3) is 0.429. The van der Waals surface area contributed by atoms with E-state index in [1.807, 2.05) is 12.1 Å². The van der Waals surface area contributed by atoms with Gasteiger partial charge >= 0.3 is 21.2 Å². The first-order valence-electron chi connectivity index (χ1n) is 9.22. The first-order chi connectivity index (χ1) is 12.9. The van der Waals surface area contributed by atoms with Crippen molar-refractivity contribution in [1.82, 2.24) is 0 Å². The molecule has 4 nitrogen and oxygen atoms in total. The summed E-state index contributed by atoms with van der Waals surface area (Å²) < 4.78 is 38.5. The van der Waals surface area contributed by atoms with Gasteiger partial charge in [0, 0.05) is 5.75 Å². The Labute approximate surface area is 174 Å². The summed E-state index contributed by atoms with van der Waals surface area (Å²) in [4.78, 5) is 0. The first-order valence-corrected chi connectivity index (χ1v) is 13.0. The zero-order valence-corrected chi connectivity index (χ0v) is 19.0. The van der Waals surface area contributed by atoms with Gasteiger partial charge in [-0.3, -0.25) is 0 Å². The molecule has 27 heavy (non-hydrogen) atoms. The van der Waals surface area contributed by atoms with E-state index < -0.39 is 10.1 Å². The molecule has 0 aromatic heterocycles. The number of unbranched alkanes of at least 4 members (excludes halogenated alkanes) is 5. The lowest BCUT2D eigenvalue weighted by atomic mass is 10.1. The molecule has 0 N–H and O–H groups in total. The van der Waals surface area contributed by atoms with Crippen molar-refractivity contribution in [2.45, 2.75) is 45.4 Å².